The predicted molar refractivity (Wildman–Crippen MR) is 107 cm³/mol. The second kappa shape index (κ2) is 7.07. The quantitative estimate of drug-likeness (QED) is 0.595. The smallest absolute Gasteiger partial charge is 0.225 e. The highest BCUT2D eigenvalue weighted by Crippen LogP contribution is 2.53. The maximum atomic E-state index is 12.6. The maximum absolute atomic E-state index is 12.6. The highest BCUT2D eigenvalue weighted by molar-refractivity contribution is 6.35. The molecule has 4 atom stereocenters. The van der Waals surface area contributed by atoms with E-state index in [0.717, 1.165) is 30.0 Å². The average Bonchev–Trinajstić information content (AvgIpc) is 2.90. The molecule has 4 rings (SSSR count). The van der Waals surface area contributed by atoms with Crippen LogP contribution in [0.25, 0.3) is 0 Å². The van der Waals surface area contributed by atoms with Gasteiger partial charge >= 0.3 is 0 Å². The van der Waals surface area contributed by atoms with Crippen LogP contribution in [0.2, 0.25) is 15.1 Å². The fourth-order valence-corrected chi connectivity index (χ4v) is 5.53. The largest absolute Gasteiger partial charge is 0.345 e. The summed E-state index contributed by atoms with van der Waals surface area (Å²) in [5.74, 6) is 1.16. The molecule has 0 radical (unpaired) electrons. The van der Waals surface area contributed by atoms with Gasteiger partial charge in [-0.2, -0.15) is 0 Å². The second-order valence-electron chi connectivity index (χ2n) is 7.42. The van der Waals surface area contributed by atoms with E-state index in [2.05, 4.69) is 12.1 Å². The van der Waals surface area contributed by atoms with Gasteiger partial charge in [-0.3, -0.25) is 4.79 Å². The minimum absolute atomic E-state index is 0.100. The maximum Gasteiger partial charge on any atom is 0.225 e. The zero-order valence-corrected chi connectivity index (χ0v) is 16.7. The van der Waals surface area contributed by atoms with Gasteiger partial charge in [-0.1, -0.05) is 53.0 Å². The fourth-order valence-electron chi connectivity index (χ4n) is 4.85. The van der Waals surface area contributed by atoms with Gasteiger partial charge < -0.3 is 4.90 Å². The van der Waals surface area contributed by atoms with Gasteiger partial charge in [-0.15, -0.1) is 0 Å². The molecule has 1 heterocycles. The molecule has 1 aliphatic heterocycles. The first-order valence-electron chi connectivity index (χ1n) is 8.91. The van der Waals surface area contributed by atoms with Crippen molar-refractivity contribution in [2.75, 3.05) is 13.6 Å². The molecule has 2 fully saturated rings. The molecule has 2 nitrogen and oxygen atoms in total. The molecule has 0 spiro atoms. The van der Waals surface area contributed by atoms with Gasteiger partial charge in [0.2, 0.25) is 5.91 Å². The van der Waals surface area contributed by atoms with Crippen LogP contribution >= 0.6 is 34.8 Å². The summed E-state index contributed by atoms with van der Waals surface area (Å²) in [4.78, 5) is 14.5. The molecular formula is C21H20Cl3NO. The van der Waals surface area contributed by atoms with E-state index in [1.54, 1.807) is 0 Å². The Hall–Kier alpha value is -1.22. The van der Waals surface area contributed by atoms with Crippen molar-refractivity contribution in [1.82, 2.24) is 4.90 Å². The number of benzene rings is 2. The van der Waals surface area contributed by atoms with Gasteiger partial charge in [-0.05, 0) is 66.0 Å². The second-order valence-corrected chi connectivity index (χ2v) is 8.70. The van der Waals surface area contributed by atoms with Gasteiger partial charge in [0.05, 0.1) is 0 Å². The number of hydrogen-bond acceptors (Lipinski definition) is 1. The Kier molecular flexibility index (Phi) is 4.94. The zero-order chi connectivity index (χ0) is 18.4. The molecule has 26 heavy (non-hydrogen) atoms. The summed E-state index contributed by atoms with van der Waals surface area (Å²) in [6, 6.07) is 13.8. The van der Waals surface area contributed by atoms with Crippen molar-refractivity contribution >= 4 is 40.7 Å². The van der Waals surface area contributed by atoms with E-state index >= 15 is 0 Å². The van der Waals surface area contributed by atoms with Crippen LogP contribution in [-0.2, 0) is 4.79 Å². The lowest BCUT2D eigenvalue weighted by Gasteiger charge is -2.40. The molecule has 136 valence electrons. The highest BCUT2D eigenvalue weighted by atomic mass is 35.5. The van der Waals surface area contributed by atoms with Crippen molar-refractivity contribution < 1.29 is 4.79 Å². The van der Waals surface area contributed by atoms with Gasteiger partial charge in [0.15, 0.2) is 0 Å². The third-order valence-electron chi connectivity index (χ3n) is 6.00. The summed E-state index contributed by atoms with van der Waals surface area (Å²) in [7, 11) is 1.91. The molecule has 2 aromatic rings. The number of carbonyl (C=O) groups is 1. The monoisotopic (exact) mass is 407 g/mol. The number of amides is 1. The number of likely N-dealkylation sites (tertiary alicyclic amines) is 1. The predicted octanol–water partition coefficient (Wildman–Crippen LogP) is 6.01. The summed E-state index contributed by atoms with van der Waals surface area (Å²) >= 11 is 18.8. The molecule has 0 unspecified atom stereocenters. The lowest BCUT2D eigenvalue weighted by molar-refractivity contribution is -0.130. The first-order valence-corrected chi connectivity index (χ1v) is 10.0. The highest BCUT2D eigenvalue weighted by Gasteiger charge is 2.49. The van der Waals surface area contributed by atoms with E-state index in [0.29, 0.717) is 16.0 Å². The molecule has 0 aromatic heterocycles. The van der Waals surface area contributed by atoms with Crippen molar-refractivity contribution in [2.24, 2.45) is 11.8 Å². The topological polar surface area (TPSA) is 20.3 Å². The SMILES string of the molecule is CN1C[C@H]2[C@@H](c3ccc(Cl)cc3)[C@H](c3ccc(Cl)cc3Cl)CC[C@H]2C1=O. The molecule has 2 aromatic carbocycles. The van der Waals surface area contributed by atoms with Crippen LogP contribution < -0.4 is 0 Å². The summed E-state index contributed by atoms with van der Waals surface area (Å²) in [5.41, 5.74) is 2.35. The van der Waals surface area contributed by atoms with E-state index in [4.69, 9.17) is 34.8 Å². The van der Waals surface area contributed by atoms with Crippen LogP contribution in [-0.4, -0.2) is 24.4 Å². The number of fused-ring (bicyclic) bond motifs is 1. The Morgan fingerprint density at radius 1 is 0.923 bits per heavy atom. The van der Waals surface area contributed by atoms with Crippen LogP contribution in [0.3, 0.4) is 0 Å². The summed E-state index contributed by atoms with van der Waals surface area (Å²) in [6.07, 6.45) is 1.84. The molecule has 0 N–H and O–H groups in total. The first-order chi connectivity index (χ1) is 12.5. The Morgan fingerprint density at radius 3 is 2.27 bits per heavy atom. The number of nitrogens with zero attached hydrogens (tertiary/aromatic N) is 1. The number of hydrogen-bond donors (Lipinski definition) is 0. The third kappa shape index (κ3) is 3.13. The molecule has 1 saturated heterocycles. The molecule has 2 aliphatic rings. The summed E-state index contributed by atoms with van der Waals surface area (Å²) in [5, 5.41) is 2.07. The lowest BCUT2D eigenvalue weighted by atomic mass is 9.63. The van der Waals surface area contributed by atoms with E-state index in [-0.39, 0.29) is 23.7 Å². The molecular weight excluding hydrogens is 389 g/mol. The molecule has 5 heteroatoms. The van der Waals surface area contributed by atoms with Crippen LogP contribution in [0.1, 0.15) is 35.8 Å². The van der Waals surface area contributed by atoms with Crippen LogP contribution in [0.15, 0.2) is 42.5 Å². The minimum atomic E-state index is 0.100. The molecule has 1 amide bonds. The summed E-state index contributed by atoms with van der Waals surface area (Å²) < 4.78 is 0. The Balaban J connectivity index is 1.79. The minimum Gasteiger partial charge on any atom is -0.345 e. The Morgan fingerprint density at radius 2 is 1.58 bits per heavy atom. The van der Waals surface area contributed by atoms with Gasteiger partial charge in [-0.25, -0.2) is 0 Å². The first kappa shape index (κ1) is 18.2. The zero-order valence-electron chi connectivity index (χ0n) is 14.5. The normalized spacial score (nSPS) is 28.3. The van der Waals surface area contributed by atoms with Crippen molar-refractivity contribution in [3.63, 3.8) is 0 Å². The van der Waals surface area contributed by atoms with Crippen molar-refractivity contribution in [3.05, 3.63) is 68.7 Å². The van der Waals surface area contributed by atoms with E-state index in [1.807, 2.05) is 42.3 Å². The average molecular weight is 409 g/mol. The van der Waals surface area contributed by atoms with Crippen LogP contribution in [0, 0.1) is 11.8 Å². The Bertz CT molecular complexity index is 836. The molecule has 1 saturated carbocycles. The number of carbonyl (C=O) groups excluding carboxylic acids is 1. The van der Waals surface area contributed by atoms with E-state index in [1.165, 1.54) is 5.56 Å². The lowest BCUT2D eigenvalue weighted by Crippen LogP contribution is -2.32. The number of rotatable bonds is 2. The standard InChI is InChI=1S/C21H20Cl3NO/c1-25-11-18-17(21(25)26)9-8-16(15-7-6-14(23)10-19(15)24)20(18)12-2-4-13(22)5-3-12/h2-7,10,16-18,20H,8-9,11H2,1H3/t16-,17+,18+,20-/m0/s1. The van der Waals surface area contributed by atoms with Crippen molar-refractivity contribution in [3.8, 4) is 0 Å². The molecule has 0 bridgehead atoms. The van der Waals surface area contributed by atoms with Crippen molar-refractivity contribution in [1.29, 1.82) is 0 Å². The van der Waals surface area contributed by atoms with Gasteiger partial charge in [0.25, 0.3) is 0 Å². The van der Waals surface area contributed by atoms with Gasteiger partial charge in [0, 0.05) is 34.6 Å². The third-order valence-corrected chi connectivity index (χ3v) is 6.81. The van der Waals surface area contributed by atoms with Crippen molar-refractivity contribution in [2.45, 2.75) is 24.7 Å². The molecule has 1 aliphatic carbocycles. The van der Waals surface area contributed by atoms with Gasteiger partial charge in [0.1, 0.15) is 0 Å². The number of halogens is 3. The van der Waals surface area contributed by atoms with E-state index < -0.39 is 0 Å². The summed E-state index contributed by atoms with van der Waals surface area (Å²) in [6.45, 7) is 0.790. The van der Waals surface area contributed by atoms with E-state index in [9.17, 15) is 4.79 Å². The Labute approximate surface area is 169 Å². The van der Waals surface area contributed by atoms with Crippen LogP contribution in [0.4, 0.5) is 0 Å². The van der Waals surface area contributed by atoms with Crippen LogP contribution in [0.5, 0.6) is 0 Å². The fraction of sp³-hybridized carbons (Fsp3) is 0.381.